The minimum Gasteiger partial charge on any atom is -0.342 e. The summed E-state index contributed by atoms with van der Waals surface area (Å²) in [6.45, 7) is 7.19. The van der Waals surface area contributed by atoms with Crippen molar-refractivity contribution in [2.75, 3.05) is 45.8 Å². The summed E-state index contributed by atoms with van der Waals surface area (Å²) in [5.74, 6) is 0.0796. The van der Waals surface area contributed by atoms with E-state index in [2.05, 4.69) is 4.90 Å². The van der Waals surface area contributed by atoms with Crippen LogP contribution in [0.2, 0.25) is 0 Å². The van der Waals surface area contributed by atoms with Crippen molar-refractivity contribution in [3.05, 3.63) is 35.9 Å². The van der Waals surface area contributed by atoms with Crippen molar-refractivity contribution in [2.24, 2.45) is 11.7 Å². The summed E-state index contributed by atoms with van der Waals surface area (Å²) in [6.07, 6.45) is 3.13. The largest absolute Gasteiger partial charge is 0.342 e. The standard InChI is InChI=1S/C21H32N4O2/c1-17(20(22)18-8-3-2-4-9-18)21(27)25-13-7-10-23(14-15-25)16-19(26)24-11-5-6-12-24/h2-4,8-9,17,20H,5-7,10-16,22H2,1H3. The van der Waals surface area contributed by atoms with Crippen molar-refractivity contribution in [3.63, 3.8) is 0 Å². The van der Waals surface area contributed by atoms with E-state index in [1.165, 1.54) is 0 Å². The van der Waals surface area contributed by atoms with Crippen LogP contribution in [-0.4, -0.2) is 72.3 Å². The van der Waals surface area contributed by atoms with Gasteiger partial charge in [-0.15, -0.1) is 0 Å². The number of likely N-dealkylation sites (tertiary alicyclic amines) is 1. The Labute approximate surface area is 162 Å². The summed E-state index contributed by atoms with van der Waals surface area (Å²) in [4.78, 5) is 31.4. The van der Waals surface area contributed by atoms with Crippen LogP contribution in [0.5, 0.6) is 0 Å². The Kier molecular flexibility index (Phi) is 6.85. The first-order chi connectivity index (χ1) is 13.1. The van der Waals surface area contributed by atoms with Gasteiger partial charge in [0.1, 0.15) is 0 Å². The number of amides is 2. The molecule has 2 amide bonds. The van der Waals surface area contributed by atoms with Gasteiger partial charge in [0.05, 0.1) is 12.5 Å². The second kappa shape index (κ2) is 9.33. The molecule has 0 radical (unpaired) electrons. The zero-order valence-corrected chi connectivity index (χ0v) is 16.3. The van der Waals surface area contributed by atoms with E-state index in [9.17, 15) is 9.59 Å². The highest BCUT2D eigenvalue weighted by Gasteiger charge is 2.29. The molecular weight excluding hydrogens is 340 g/mol. The number of nitrogens with two attached hydrogens (primary N) is 1. The average molecular weight is 373 g/mol. The molecule has 3 rings (SSSR count). The van der Waals surface area contributed by atoms with E-state index in [-0.39, 0.29) is 23.8 Å². The molecule has 0 aliphatic carbocycles. The summed E-state index contributed by atoms with van der Waals surface area (Å²) in [6, 6.07) is 9.51. The van der Waals surface area contributed by atoms with Crippen LogP contribution < -0.4 is 5.73 Å². The Morgan fingerprint density at radius 3 is 2.30 bits per heavy atom. The number of carbonyl (C=O) groups is 2. The molecule has 0 aromatic heterocycles. The Balaban J connectivity index is 1.52. The van der Waals surface area contributed by atoms with Crippen LogP contribution in [0.25, 0.3) is 0 Å². The molecule has 6 heteroatoms. The molecule has 6 nitrogen and oxygen atoms in total. The molecular formula is C21H32N4O2. The molecule has 2 saturated heterocycles. The first-order valence-corrected chi connectivity index (χ1v) is 10.2. The zero-order chi connectivity index (χ0) is 19.2. The van der Waals surface area contributed by atoms with Gasteiger partial charge in [-0.25, -0.2) is 0 Å². The predicted molar refractivity (Wildman–Crippen MR) is 106 cm³/mol. The van der Waals surface area contributed by atoms with Crippen LogP contribution in [-0.2, 0) is 9.59 Å². The fraction of sp³-hybridized carbons (Fsp3) is 0.619. The van der Waals surface area contributed by atoms with Crippen molar-refractivity contribution < 1.29 is 9.59 Å². The molecule has 0 bridgehead atoms. The lowest BCUT2D eigenvalue weighted by atomic mass is 9.94. The molecule has 2 aliphatic rings. The van der Waals surface area contributed by atoms with Crippen molar-refractivity contribution in [1.29, 1.82) is 0 Å². The fourth-order valence-corrected chi connectivity index (χ4v) is 4.01. The second-order valence-electron chi connectivity index (χ2n) is 7.77. The fourth-order valence-electron chi connectivity index (χ4n) is 4.01. The van der Waals surface area contributed by atoms with E-state index in [0.717, 1.165) is 57.5 Å². The molecule has 27 heavy (non-hydrogen) atoms. The van der Waals surface area contributed by atoms with Gasteiger partial charge in [0.15, 0.2) is 0 Å². The van der Waals surface area contributed by atoms with Gasteiger partial charge in [0.25, 0.3) is 0 Å². The number of nitrogens with zero attached hydrogens (tertiary/aromatic N) is 3. The van der Waals surface area contributed by atoms with Crippen molar-refractivity contribution in [3.8, 4) is 0 Å². The predicted octanol–water partition coefficient (Wildman–Crippen LogP) is 1.48. The molecule has 2 N–H and O–H groups in total. The third kappa shape index (κ3) is 5.08. The van der Waals surface area contributed by atoms with Gasteiger partial charge in [0.2, 0.25) is 11.8 Å². The van der Waals surface area contributed by atoms with E-state index in [0.29, 0.717) is 13.1 Å². The normalized spacial score (nSPS) is 21.0. The number of rotatable bonds is 5. The number of benzene rings is 1. The monoisotopic (exact) mass is 372 g/mol. The first kappa shape index (κ1) is 19.8. The minimum atomic E-state index is -0.296. The highest BCUT2D eigenvalue weighted by atomic mass is 16.2. The molecule has 0 spiro atoms. The molecule has 1 aromatic rings. The van der Waals surface area contributed by atoms with E-state index < -0.39 is 0 Å². The van der Waals surface area contributed by atoms with Gasteiger partial charge in [0, 0.05) is 45.3 Å². The maximum atomic E-state index is 13.0. The Morgan fingerprint density at radius 2 is 1.59 bits per heavy atom. The van der Waals surface area contributed by atoms with Crippen molar-refractivity contribution >= 4 is 11.8 Å². The van der Waals surface area contributed by atoms with E-state index in [1.807, 2.05) is 47.1 Å². The highest BCUT2D eigenvalue weighted by Crippen LogP contribution is 2.21. The minimum absolute atomic E-state index is 0.110. The van der Waals surface area contributed by atoms with Crippen LogP contribution in [0.3, 0.4) is 0 Å². The summed E-state index contributed by atoms with van der Waals surface area (Å²) < 4.78 is 0. The topological polar surface area (TPSA) is 69.9 Å². The van der Waals surface area contributed by atoms with Gasteiger partial charge in [-0.1, -0.05) is 37.3 Å². The van der Waals surface area contributed by atoms with Crippen LogP contribution in [0.1, 0.15) is 37.8 Å². The van der Waals surface area contributed by atoms with Gasteiger partial charge in [-0.05, 0) is 24.8 Å². The molecule has 0 saturated carbocycles. The van der Waals surface area contributed by atoms with Gasteiger partial charge in [-0.3, -0.25) is 14.5 Å². The van der Waals surface area contributed by atoms with Gasteiger partial charge in [-0.2, -0.15) is 0 Å². The van der Waals surface area contributed by atoms with E-state index in [1.54, 1.807) is 0 Å². The lowest BCUT2D eigenvalue weighted by Crippen LogP contribution is -2.43. The molecule has 2 fully saturated rings. The summed E-state index contributed by atoms with van der Waals surface area (Å²) >= 11 is 0. The quantitative estimate of drug-likeness (QED) is 0.850. The number of hydrogen-bond acceptors (Lipinski definition) is 4. The molecule has 2 unspecified atom stereocenters. The summed E-state index contributed by atoms with van der Waals surface area (Å²) in [5.41, 5.74) is 7.33. The molecule has 2 aliphatic heterocycles. The Bertz CT molecular complexity index is 630. The van der Waals surface area contributed by atoms with E-state index in [4.69, 9.17) is 5.73 Å². The van der Waals surface area contributed by atoms with Gasteiger partial charge >= 0.3 is 0 Å². The van der Waals surface area contributed by atoms with Crippen LogP contribution in [0.15, 0.2) is 30.3 Å². The smallest absolute Gasteiger partial charge is 0.236 e. The summed E-state index contributed by atoms with van der Waals surface area (Å²) in [7, 11) is 0. The third-order valence-corrected chi connectivity index (χ3v) is 5.83. The SMILES string of the molecule is CC(C(=O)N1CCCN(CC(=O)N2CCCC2)CC1)C(N)c1ccccc1. The molecule has 148 valence electrons. The molecule has 2 atom stereocenters. The lowest BCUT2D eigenvalue weighted by Gasteiger charge is -2.28. The Hall–Kier alpha value is -1.92. The first-order valence-electron chi connectivity index (χ1n) is 10.2. The van der Waals surface area contributed by atoms with E-state index >= 15 is 0 Å². The maximum Gasteiger partial charge on any atom is 0.236 e. The molecule has 2 heterocycles. The van der Waals surface area contributed by atoms with Crippen LogP contribution in [0.4, 0.5) is 0 Å². The van der Waals surface area contributed by atoms with Crippen molar-refractivity contribution in [2.45, 2.75) is 32.2 Å². The highest BCUT2D eigenvalue weighted by molar-refractivity contribution is 5.80. The van der Waals surface area contributed by atoms with Crippen molar-refractivity contribution in [1.82, 2.24) is 14.7 Å². The lowest BCUT2D eigenvalue weighted by molar-refractivity contribution is -0.135. The zero-order valence-electron chi connectivity index (χ0n) is 16.3. The van der Waals surface area contributed by atoms with Crippen LogP contribution >= 0.6 is 0 Å². The average Bonchev–Trinajstić information content (AvgIpc) is 3.14. The van der Waals surface area contributed by atoms with Gasteiger partial charge < -0.3 is 15.5 Å². The number of carbonyl (C=O) groups excluding carboxylic acids is 2. The number of hydrogen-bond donors (Lipinski definition) is 1. The summed E-state index contributed by atoms with van der Waals surface area (Å²) in [5, 5.41) is 0. The third-order valence-electron chi connectivity index (χ3n) is 5.83. The maximum absolute atomic E-state index is 13.0. The van der Waals surface area contributed by atoms with Crippen LogP contribution in [0, 0.1) is 5.92 Å². The second-order valence-corrected chi connectivity index (χ2v) is 7.77. The Morgan fingerprint density at radius 1 is 0.926 bits per heavy atom. The molecule has 1 aromatic carbocycles.